The van der Waals surface area contributed by atoms with Gasteiger partial charge in [0, 0.05) is 26.2 Å². The molecule has 2 saturated heterocycles. The normalized spacial score (nSPS) is 30.3. The first-order valence-corrected chi connectivity index (χ1v) is 4.12. The van der Waals surface area contributed by atoms with Crippen LogP contribution in [0.25, 0.3) is 0 Å². The summed E-state index contributed by atoms with van der Waals surface area (Å²) in [7, 11) is 0. The van der Waals surface area contributed by atoms with Crippen molar-refractivity contribution in [2.75, 3.05) is 39.4 Å². The summed E-state index contributed by atoms with van der Waals surface area (Å²) in [6.45, 7) is 5.26. The predicted molar refractivity (Wildman–Crippen MR) is 39.5 cm³/mol. The smallest absolute Gasteiger partial charge is 0.0645 e. The molecule has 1 N–H and O–H groups in total. The molecule has 0 aromatic carbocycles. The minimum absolute atomic E-state index is 0.628. The first-order chi connectivity index (χ1) is 5.36. The van der Waals surface area contributed by atoms with Gasteiger partial charge in [-0.15, -0.1) is 0 Å². The second kappa shape index (κ2) is 3.06. The summed E-state index contributed by atoms with van der Waals surface area (Å²) in [5.41, 5.74) is 0. The molecule has 64 valence electrons. The Morgan fingerprint density at radius 2 is 1.73 bits per heavy atom. The number of hydrogen-bond acceptors (Lipinski definition) is 4. The van der Waals surface area contributed by atoms with E-state index in [1.165, 1.54) is 5.06 Å². The Hall–Kier alpha value is -0.160. The van der Waals surface area contributed by atoms with Crippen molar-refractivity contribution in [1.29, 1.82) is 0 Å². The fraction of sp³-hybridized carbons (Fsp3) is 1.00. The number of piperazine rings is 1. The zero-order valence-electron chi connectivity index (χ0n) is 6.57. The molecule has 0 aromatic heterocycles. The zero-order valence-corrected chi connectivity index (χ0v) is 6.57. The lowest BCUT2D eigenvalue weighted by atomic mass is 10.2. The van der Waals surface area contributed by atoms with Gasteiger partial charge in [-0.05, 0) is 0 Å². The van der Waals surface area contributed by atoms with Crippen LogP contribution in [0.3, 0.4) is 0 Å². The minimum atomic E-state index is 0.628. The first-order valence-electron chi connectivity index (χ1n) is 4.12. The van der Waals surface area contributed by atoms with E-state index in [0.29, 0.717) is 6.04 Å². The van der Waals surface area contributed by atoms with Crippen molar-refractivity contribution in [3.63, 3.8) is 0 Å². The summed E-state index contributed by atoms with van der Waals surface area (Å²) < 4.78 is 5.10. The summed E-state index contributed by atoms with van der Waals surface area (Å²) in [6.07, 6.45) is 0. The van der Waals surface area contributed by atoms with Crippen LogP contribution >= 0.6 is 0 Å². The summed E-state index contributed by atoms with van der Waals surface area (Å²) in [4.78, 5) is 2.39. The van der Waals surface area contributed by atoms with Crippen LogP contribution in [0.2, 0.25) is 0 Å². The standard InChI is InChI=1S/C7H14N2O2/c10-9-3-1-8(2-4-9)7-5-11-6-7/h7,10H,1-6H2. The van der Waals surface area contributed by atoms with Crippen LogP contribution in [0.5, 0.6) is 0 Å². The molecule has 0 unspecified atom stereocenters. The monoisotopic (exact) mass is 158 g/mol. The van der Waals surface area contributed by atoms with E-state index < -0.39 is 0 Å². The maximum Gasteiger partial charge on any atom is 0.0645 e. The minimum Gasteiger partial charge on any atom is -0.378 e. The summed E-state index contributed by atoms with van der Waals surface area (Å²) in [5, 5.41) is 10.5. The number of hydroxylamine groups is 2. The molecule has 0 saturated carbocycles. The van der Waals surface area contributed by atoms with Gasteiger partial charge < -0.3 is 9.94 Å². The lowest BCUT2D eigenvalue weighted by Crippen LogP contribution is -2.55. The van der Waals surface area contributed by atoms with Gasteiger partial charge in [0.1, 0.15) is 0 Å². The second-order valence-electron chi connectivity index (χ2n) is 3.18. The molecule has 0 radical (unpaired) electrons. The average Bonchev–Trinajstić information content (AvgIpc) is 1.90. The van der Waals surface area contributed by atoms with Crippen LogP contribution in [0.15, 0.2) is 0 Å². The molecule has 2 aliphatic rings. The Bertz CT molecular complexity index is 130. The van der Waals surface area contributed by atoms with E-state index in [4.69, 9.17) is 9.94 Å². The van der Waals surface area contributed by atoms with E-state index in [-0.39, 0.29) is 0 Å². The predicted octanol–water partition coefficient (Wildman–Crippen LogP) is -0.608. The van der Waals surface area contributed by atoms with Crippen LogP contribution in [-0.4, -0.2) is 60.6 Å². The fourth-order valence-corrected chi connectivity index (χ4v) is 1.51. The van der Waals surface area contributed by atoms with E-state index in [9.17, 15) is 0 Å². The number of ether oxygens (including phenoxy) is 1. The molecule has 0 aromatic rings. The van der Waals surface area contributed by atoms with E-state index in [1.807, 2.05) is 0 Å². The third-order valence-electron chi connectivity index (χ3n) is 2.43. The van der Waals surface area contributed by atoms with Gasteiger partial charge >= 0.3 is 0 Å². The third kappa shape index (κ3) is 1.54. The van der Waals surface area contributed by atoms with Crippen molar-refractivity contribution in [3.05, 3.63) is 0 Å². The summed E-state index contributed by atoms with van der Waals surface area (Å²) in [6, 6.07) is 0.628. The molecule has 2 fully saturated rings. The average molecular weight is 158 g/mol. The van der Waals surface area contributed by atoms with Crippen molar-refractivity contribution in [2.45, 2.75) is 6.04 Å². The van der Waals surface area contributed by atoms with E-state index >= 15 is 0 Å². The fourth-order valence-electron chi connectivity index (χ4n) is 1.51. The number of rotatable bonds is 1. The van der Waals surface area contributed by atoms with Crippen LogP contribution in [0, 0.1) is 0 Å². The van der Waals surface area contributed by atoms with Gasteiger partial charge in [0.25, 0.3) is 0 Å². The molecule has 0 atom stereocenters. The molecule has 0 bridgehead atoms. The highest BCUT2D eigenvalue weighted by Crippen LogP contribution is 2.11. The van der Waals surface area contributed by atoms with E-state index in [0.717, 1.165) is 39.4 Å². The largest absolute Gasteiger partial charge is 0.378 e. The highest BCUT2D eigenvalue weighted by atomic mass is 16.5. The van der Waals surface area contributed by atoms with Gasteiger partial charge in [0.15, 0.2) is 0 Å². The quantitative estimate of drug-likeness (QED) is 0.552. The molecule has 4 nitrogen and oxygen atoms in total. The van der Waals surface area contributed by atoms with Crippen molar-refractivity contribution in [2.24, 2.45) is 0 Å². The summed E-state index contributed by atoms with van der Waals surface area (Å²) >= 11 is 0. The van der Waals surface area contributed by atoms with Gasteiger partial charge in [-0.25, -0.2) is 0 Å². The lowest BCUT2D eigenvalue weighted by Gasteiger charge is -2.40. The van der Waals surface area contributed by atoms with Gasteiger partial charge in [0.2, 0.25) is 0 Å². The van der Waals surface area contributed by atoms with Crippen molar-refractivity contribution >= 4 is 0 Å². The van der Waals surface area contributed by atoms with Crippen LogP contribution < -0.4 is 0 Å². The Labute approximate surface area is 66.3 Å². The topological polar surface area (TPSA) is 35.9 Å². The molecule has 0 amide bonds. The van der Waals surface area contributed by atoms with Crippen molar-refractivity contribution in [1.82, 2.24) is 9.96 Å². The molecule has 2 aliphatic heterocycles. The SMILES string of the molecule is ON1CCN(C2COC2)CC1. The number of hydrogen-bond donors (Lipinski definition) is 1. The van der Waals surface area contributed by atoms with Crippen LogP contribution in [0.1, 0.15) is 0 Å². The molecule has 0 aliphatic carbocycles. The van der Waals surface area contributed by atoms with Gasteiger partial charge in [-0.3, -0.25) is 4.90 Å². The Kier molecular flexibility index (Phi) is 2.09. The summed E-state index contributed by atoms with van der Waals surface area (Å²) in [5.74, 6) is 0. The molecule has 11 heavy (non-hydrogen) atoms. The van der Waals surface area contributed by atoms with Crippen molar-refractivity contribution < 1.29 is 9.94 Å². The van der Waals surface area contributed by atoms with Gasteiger partial charge in [0.05, 0.1) is 19.3 Å². The molecule has 4 heteroatoms. The zero-order chi connectivity index (χ0) is 7.68. The van der Waals surface area contributed by atoms with Gasteiger partial charge in [-0.2, -0.15) is 5.06 Å². The lowest BCUT2D eigenvalue weighted by molar-refractivity contribution is -0.144. The Balaban J connectivity index is 1.77. The third-order valence-corrected chi connectivity index (χ3v) is 2.43. The van der Waals surface area contributed by atoms with Crippen LogP contribution in [-0.2, 0) is 4.74 Å². The Morgan fingerprint density at radius 1 is 1.09 bits per heavy atom. The van der Waals surface area contributed by atoms with E-state index in [2.05, 4.69) is 4.90 Å². The van der Waals surface area contributed by atoms with E-state index in [1.54, 1.807) is 0 Å². The molecule has 2 heterocycles. The molecular weight excluding hydrogens is 144 g/mol. The van der Waals surface area contributed by atoms with Crippen molar-refractivity contribution in [3.8, 4) is 0 Å². The van der Waals surface area contributed by atoms with Crippen LogP contribution in [0.4, 0.5) is 0 Å². The highest BCUT2D eigenvalue weighted by molar-refractivity contribution is 4.80. The highest BCUT2D eigenvalue weighted by Gasteiger charge is 2.28. The Morgan fingerprint density at radius 3 is 2.18 bits per heavy atom. The first kappa shape index (κ1) is 7.49. The number of nitrogens with zero attached hydrogens (tertiary/aromatic N) is 2. The molecular formula is C7H14N2O2. The maximum absolute atomic E-state index is 9.07. The molecule has 0 spiro atoms. The molecule has 2 rings (SSSR count). The maximum atomic E-state index is 9.07. The second-order valence-corrected chi connectivity index (χ2v) is 3.18. The van der Waals surface area contributed by atoms with Gasteiger partial charge in [-0.1, -0.05) is 0 Å².